The Morgan fingerprint density at radius 1 is 1.18 bits per heavy atom. The van der Waals surface area contributed by atoms with Gasteiger partial charge >= 0.3 is 5.97 Å². The van der Waals surface area contributed by atoms with Crippen LogP contribution >= 0.6 is 0 Å². The van der Waals surface area contributed by atoms with Crippen LogP contribution in [0.25, 0.3) is 10.9 Å². The second kappa shape index (κ2) is 8.57. The van der Waals surface area contributed by atoms with Gasteiger partial charge in [-0.1, -0.05) is 24.3 Å². The van der Waals surface area contributed by atoms with E-state index in [1.54, 1.807) is 0 Å². The highest BCUT2D eigenvalue weighted by Crippen LogP contribution is 2.31. The lowest BCUT2D eigenvalue weighted by Crippen LogP contribution is -2.32. The topological polar surface area (TPSA) is 47.4 Å². The highest BCUT2D eigenvalue weighted by molar-refractivity contribution is 5.86. The molecule has 0 fully saturated rings. The molecule has 0 spiro atoms. The van der Waals surface area contributed by atoms with Gasteiger partial charge in [0.25, 0.3) is 0 Å². The van der Waals surface area contributed by atoms with Gasteiger partial charge in [0.1, 0.15) is 0 Å². The van der Waals surface area contributed by atoms with Gasteiger partial charge in [-0.2, -0.15) is 0 Å². The van der Waals surface area contributed by atoms with E-state index in [0.717, 1.165) is 32.5 Å². The summed E-state index contributed by atoms with van der Waals surface area (Å²) < 4.78 is 7.46. The van der Waals surface area contributed by atoms with Crippen LogP contribution in [-0.4, -0.2) is 40.1 Å². The Labute approximate surface area is 165 Å². The van der Waals surface area contributed by atoms with Crippen LogP contribution in [0.1, 0.15) is 30.2 Å². The maximum absolute atomic E-state index is 11.9. The zero-order valence-corrected chi connectivity index (χ0v) is 16.4. The van der Waals surface area contributed by atoms with Crippen LogP contribution in [0.3, 0.4) is 0 Å². The van der Waals surface area contributed by atoms with Crippen molar-refractivity contribution in [2.24, 2.45) is 0 Å². The molecule has 0 N–H and O–H groups in total. The highest BCUT2D eigenvalue weighted by atomic mass is 16.5. The first-order valence-electron chi connectivity index (χ1n) is 10.1. The highest BCUT2D eigenvalue weighted by Gasteiger charge is 2.24. The summed E-state index contributed by atoms with van der Waals surface area (Å²) in [6.07, 6.45) is 6.23. The van der Waals surface area contributed by atoms with E-state index in [0.29, 0.717) is 19.6 Å². The maximum Gasteiger partial charge on any atom is 0.307 e. The minimum absolute atomic E-state index is 0.122. The number of pyridine rings is 1. The molecule has 1 aliphatic heterocycles. The largest absolute Gasteiger partial charge is 0.466 e. The third kappa shape index (κ3) is 3.94. The zero-order chi connectivity index (χ0) is 19.3. The van der Waals surface area contributed by atoms with E-state index in [1.807, 2.05) is 25.4 Å². The van der Waals surface area contributed by atoms with Crippen molar-refractivity contribution in [2.45, 2.75) is 39.3 Å². The minimum Gasteiger partial charge on any atom is -0.466 e. The van der Waals surface area contributed by atoms with E-state index in [1.165, 1.54) is 27.7 Å². The van der Waals surface area contributed by atoms with Gasteiger partial charge in [0.15, 0.2) is 0 Å². The summed E-state index contributed by atoms with van der Waals surface area (Å²) in [5, 5.41) is 1.31. The summed E-state index contributed by atoms with van der Waals surface area (Å²) in [7, 11) is 0. The summed E-state index contributed by atoms with van der Waals surface area (Å²) in [6.45, 7) is 6.02. The molecule has 28 heavy (non-hydrogen) atoms. The molecule has 1 aliphatic rings. The SMILES string of the molecule is CCOC(=O)CCn1c2c(c3ccccc31)CN(CCc1cccnc1)CC2. The number of hydrogen-bond donors (Lipinski definition) is 0. The van der Waals surface area contributed by atoms with Gasteiger partial charge in [-0.15, -0.1) is 0 Å². The van der Waals surface area contributed by atoms with Crippen molar-refractivity contribution < 1.29 is 9.53 Å². The van der Waals surface area contributed by atoms with E-state index in [4.69, 9.17) is 4.74 Å². The standard InChI is InChI=1S/C23H27N3O2/c1-2-28-23(27)11-15-26-21-8-4-3-7-19(21)20-17-25(14-10-22(20)26)13-9-18-6-5-12-24-16-18/h3-8,12,16H,2,9-11,13-15,17H2,1H3. The first-order valence-corrected chi connectivity index (χ1v) is 10.1. The quantitative estimate of drug-likeness (QED) is 0.591. The number of rotatable bonds is 7. The van der Waals surface area contributed by atoms with Crippen molar-refractivity contribution in [3.63, 3.8) is 0 Å². The lowest BCUT2D eigenvalue weighted by atomic mass is 10.0. The van der Waals surface area contributed by atoms with Gasteiger partial charge in [0.2, 0.25) is 0 Å². The number of nitrogens with zero attached hydrogens (tertiary/aromatic N) is 3. The lowest BCUT2D eigenvalue weighted by Gasteiger charge is -2.28. The van der Waals surface area contributed by atoms with Gasteiger partial charge in [-0.05, 0) is 36.6 Å². The number of fused-ring (bicyclic) bond motifs is 3. The number of ether oxygens (including phenoxy) is 1. The fourth-order valence-electron chi connectivity index (χ4n) is 4.17. The number of carbonyl (C=O) groups is 1. The van der Waals surface area contributed by atoms with E-state index >= 15 is 0 Å². The second-order valence-electron chi connectivity index (χ2n) is 7.29. The Morgan fingerprint density at radius 2 is 2.07 bits per heavy atom. The minimum atomic E-state index is -0.122. The molecule has 1 aromatic carbocycles. The molecular weight excluding hydrogens is 350 g/mol. The molecule has 146 valence electrons. The molecule has 4 rings (SSSR count). The number of hydrogen-bond acceptors (Lipinski definition) is 4. The summed E-state index contributed by atoms with van der Waals surface area (Å²) in [6, 6.07) is 12.7. The van der Waals surface area contributed by atoms with E-state index < -0.39 is 0 Å². The van der Waals surface area contributed by atoms with Crippen molar-refractivity contribution in [3.05, 3.63) is 65.6 Å². The maximum atomic E-state index is 11.9. The van der Waals surface area contributed by atoms with E-state index in [-0.39, 0.29) is 5.97 Å². The fraction of sp³-hybridized carbons (Fsp3) is 0.391. The molecule has 0 saturated heterocycles. The molecular formula is C23H27N3O2. The van der Waals surface area contributed by atoms with Crippen LogP contribution in [0, 0.1) is 0 Å². The predicted octanol–water partition coefficient (Wildman–Crippen LogP) is 3.59. The number of aromatic nitrogens is 2. The van der Waals surface area contributed by atoms with Crippen molar-refractivity contribution in [1.29, 1.82) is 0 Å². The molecule has 0 atom stereocenters. The Bertz CT molecular complexity index is 949. The molecule has 2 aromatic heterocycles. The molecule has 3 aromatic rings. The zero-order valence-electron chi connectivity index (χ0n) is 16.4. The van der Waals surface area contributed by atoms with Gasteiger partial charge in [-0.3, -0.25) is 14.7 Å². The van der Waals surface area contributed by atoms with Crippen LogP contribution in [0.4, 0.5) is 0 Å². The Kier molecular flexibility index (Phi) is 5.72. The first kappa shape index (κ1) is 18.7. The summed E-state index contributed by atoms with van der Waals surface area (Å²) in [4.78, 5) is 18.6. The van der Waals surface area contributed by atoms with Crippen molar-refractivity contribution in [2.75, 3.05) is 19.7 Å². The number of carbonyl (C=O) groups excluding carboxylic acids is 1. The van der Waals surface area contributed by atoms with Crippen LogP contribution in [-0.2, 0) is 35.5 Å². The molecule has 0 unspecified atom stereocenters. The smallest absolute Gasteiger partial charge is 0.307 e. The molecule has 0 amide bonds. The molecule has 0 bridgehead atoms. The molecule has 3 heterocycles. The predicted molar refractivity (Wildman–Crippen MR) is 110 cm³/mol. The fourth-order valence-corrected chi connectivity index (χ4v) is 4.17. The average Bonchev–Trinajstić information content (AvgIpc) is 3.05. The molecule has 0 saturated carbocycles. The van der Waals surface area contributed by atoms with Gasteiger partial charge in [-0.25, -0.2) is 0 Å². The normalized spacial score (nSPS) is 14.2. The molecule has 0 radical (unpaired) electrons. The average molecular weight is 377 g/mol. The van der Waals surface area contributed by atoms with Crippen LogP contribution in [0.2, 0.25) is 0 Å². The van der Waals surface area contributed by atoms with Gasteiger partial charge in [0.05, 0.1) is 13.0 Å². The Hall–Kier alpha value is -2.66. The monoisotopic (exact) mass is 377 g/mol. The summed E-state index contributed by atoms with van der Waals surface area (Å²) in [5.74, 6) is -0.122. The second-order valence-corrected chi connectivity index (χ2v) is 7.29. The van der Waals surface area contributed by atoms with Crippen LogP contribution in [0.15, 0.2) is 48.8 Å². The number of aryl methyl sites for hydroxylation is 1. The van der Waals surface area contributed by atoms with Crippen molar-refractivity contribution in [1.82, 2.24) is 14.5 Å². The Morgan fingerprint density at radius 3 is 2.89 bits per heavy atom. The first-order chi connectivity index (χ1) is 13.8. The number of benzene rings is 1. The summed E-state index contributed by atoms with van der Waals surface area (Å²) in [5.41, 5.74) is 5.30. The van der Waals surface area contributed by atoms with E-state index in [9.17, 15) is 4.79 Å². The third-order valence-corrected chi connectivity index (χ3v) is 5.53. The molecule has 5 nitrogen and oxygen atoms in total. The molecule has 5 heteroatoms. The summed E-state index contributed by atoms with van der Waals surface area (Å²) >= 11 is 0. The van der Waals surface area contributed by atoms with Gasteiger partial charge < -0.3 is 9.30 Å². The Balaban J connectivity index is 1.52. The van der Waals surface area contributed by atoms with Crippen LogP contribution in [0.5, 0.6) is 0 Å². The lowest BCUT2D eigenvalue weighted by molar-refractivity contribution is -0.143. The number of esters is 1. The third-order valence-electron chi connectivity index (χ3n) is 5.53. The van der Waals surface area contributed by atoms with Crippen molar-refractivity contribution >= 4 is 16.9 Å². The van der Waals surface area contributed by atoms with Crippen LogP contribution < -0.4 is 0 Å². The van der Waals surface area contributed by atoms with Crippen molar-refractivity contribution in [3.8, 4) is 0 Å². The molecule has 0 aliphatic carbocycles. The number of para-hydroxylation sites is 1. The van der Waals surface area contributed by atoms with Gasteiger partial charge in [0, 0.05) is 61.6 Å². The van der Waals surface area contributed by atoms with E-state index in [2.05, 4.69) is 44.8 Å².